The van der Waals surface area contributed by atoms with Crippen molar-refractivity contribution in [1.82, 2.24) is 5.32 Å². The molecular weight excluding hydrogens is 320 g/mol. The van der Waals surface area contributed by atoms with E-state index in [4.69, 9.17) is 4.74 Å². The minimum atomic E-state index is -1.06. The fourth-order valence-corrected chi connectivity index (χ4v) is 3.43. The van der Waals surface area contributed by atoms with Crippen LogP contribution in [0, 0.1) is 0 Å². The van der Waals surface area contributed by atoms with Crippen LogP contribution in [0.4, 0.5) is 5.69 Å². The van der Waals surface area contributed by atoms with Gasteiger partial charge in [0.1, 0.15) is 12.3 Å². The normalized spacial score (nSPS) is 19.3. The van der Waals surface area contributed by atoms with Crippen molar-refractivity contribution >= 4 is 23.3 Å². The zero-order valence-electron chi connectivity index (χ0n) is 14.9. The van der Waals surface area contributed by atoms with Crippen molar-refractivity contribution in [3.8, 4) is 5.75 Å². The molecule has 0 atom stereocenters. The van der Waals surface area contributed by atoms with E-state index in [1.165, 1.54) is 11.8 Å². The predicted octanol–water partition coefficient (Wildman–Crippen LogP) is 2.45. The first-order valence-electron chi connectivity index (χ1n) is 8.73. The van der Waals surface area contributed by atoms with E-state index >= 15 is 0 Å². The maximum Gasteiger partial charge on any atom is 0.271 e. The average molecular weight is 344 g/mol. The standard InChI is InChI=1S/C19H24N2O4/c1-12(22)13-8-9-16-15(10-13)21(18(24)19(2,3)25-16)11-17(23)20-14-6-4-5-7-14/h8-10,14H,4-7,11H2,1-3H3,(H,20,23). The molecule has 1 aliphatic heterocycles. The van der Waals surface area contributed by atoms with Crippen LogP contribution in [-0.4, -0.2) is 35.8 Å². The minimum absolute atomic E-state index is 0.0729. The van der Waals surface area contributed by atoms with Gasteiger partial charge in [-0.05, 0) is 51.8 Å². The molecule has 1 heterocycles. The lowest BCUT2D eigenvalue weighted by atomic mass is 10.0. The molecule has 2 amide bonds. The van der Waals surface area contributed by atoms with Gasteiger partial charge in [-0.15, -0.1) is 0 Å². The van der Waals surface area contributed by atoms with Gasteiger partial charge in [-0.2, -0.15) is 0 Å². The third-order valence-electron chi connectivity index (χ3n) is 4.80. The van der Waals surface area contributed by atoms with Crippen molar-refractivity contribution in [3.63, 3.8) is 0 Å². The molecule has 2 aliphatic rings. The monoisotopic (exact) mass is 344 g/mol. The number of Topliss-reactive ketones (excluding diaryl/α,β-unsaturated/α-hetero) is 1. The molecule has 0 aromatic heterocycles. The summed E-state index contributed by atoms with van der Waals surface area (Å²) in [5.74, 6) is -0.0712. The van der Waals surface area contributed by atoms with Crippen LogP contribution < -0.4 is 15.0 Å². The molecule has 0 unspecified atom stereocenters. The number of carbonyl (C=O) groups excluding carboxylic acids is 3. The van der Waals surface area contributed by atoms with E-state index in [1.54, 1.807) is 32.0 Å². The summed E-state index contributed by atoms with van der Waals surface area (Å²) >= 11 is 0. The number of rotatable bonds is 4. The molecule has 1 aromatic carbocycles. The lowest BCUT2D eigenvalue weighted by molar-refractivity contribution is -0.134. The van der Waals surface area contributed by atoms with Gasteiger partial charge in [-0.1, -0.05) is 12.8 Å². The van der Waals surface area contributed by atoms with Gasteiger partial charge in [0.25, 0.3) is 5.91 Å². The number of hydrogen-bond acceptors (Lipinski definition) is 4. The van der Waals surface area contributed by atoms with Crippen molar-refractivity contribution in [3.05, 3.63) is 23.8 Å². The molecule has 6 nitrogen and oxygen atoms in total. The summed E-state index contributed by atoms with van der Waals surface area (Å²) in [4.78, 5) is 38.3. The summed E-state index contributed by atoms with van der Waals surface area (Å²) in [6.45, 7) is 4.75. The zero-order valence-corrected chi connectivity index (χ0v) is 14.9. The lowest BCUT2D eigenvalue weighted by Crippen LogP contribution is -2.55. The molecule has 1 saturated carbocycles. The van der Waals surface area contributed by atoms with Crippen LogP contribution >= 0.6 is 0 Å². The number of carbonyl (C=O) groups is 3. The van der Waals surface area contributed by atoms with E-state index in [0.29, 0.717) is 17.0 Å². The van der Waals surface area contributed by atoms with E-state index in [1.807, 2.05) is 0 Å². The fraction of sp³-hybridized carbons (Fsp3) is 0.526. The molecular formula is C19H24N2O4. The Labute approximate surface area is 147 Å². The van der Waals surface area contributed by atoms with Crippen LogP contribution in [-0.2, 0) is 9.59 Å². The largest absolute Gasteiger partial charge is 0.476 e. The molecule has 134 valence electrons. The fourth-order valence-electron chi connectivity index (χ4n) is 3.43. The van der Waals surface area contributed by atoms with Gasteiger partial charge < -0.3 is 10.1 Å². The molecule has 25 heavy (non-hydrogen) atoms. The topological polar surface area (TPSA) is 75.7 Å². The number of ether oxygens (including phenoxy) is 1. The van der Waals surface area contributed by atoms with Gasteiger partial charge in [0.2, 0.25) is 5.91 Å². The van der Waals surface area contributed by atoms with Crippen LogP contribution in [0.3, 0.4) is 0 Å². The number of anilines is 1. The zero-order chi connectivity index (χ0) is 18.2. The van der Waals surface area contributed by atoms with Crippen molar-refractivity contribution in [2.45, 2.75) is 58.1 Å². The van der Waals surface area contributed by atoms with Crippen LogP contribution in [0.1, 0.15) is 56.8 Å². The number of fused-ring (bicyclic) bond motifs is 1. The summed E-state index contributed by atoms with van der Waals surface area (Å²) in [5, 5.41) is 3.00. The van der Waals surface area contributed by atoms with Gasteiger partial charge >= 0.3 is 0 Å². The number of benzene rings is 1. The van der Waals surface area contributed by atoms with Gasteiger partial charge in [0.15, 0.2) is 11.4 Å². The van der Waals surface area contributed by atoms with Crippen molar-refractivity contribution in [1.29, 1.82) is 0 Å². The molecule has 1 aliphatic carbocycles. The summed E-state index contributed by atoms with van der Waals surface area (Å²) < 4.78 is 5.78. The molecule has 6 heteroatoms. The maximum absolute atomic E-state index is 12.8. The second-order valence-electron chi connectivity index (χ2n) is 7.29. The third-order valence-corrected chi connectivity index (χ3v) is 4.80. The molecule has 0 bridgehead atoms. The summed E-state index contributed by atoms with van der Waals surface area (Å²) in [5.41, 5.74) is -0.104. The van der Waals surface area contributed by atoms with Gasteiger partial charge in [-0.3, -0.25) is 19.3 Å². The van der Waals surface area contributed by atoms with Gasteiger partial charge in [-0.25, -0.2) is 0 Å². The summed E-state index contributed by atoms with van der Waals surface area (Å²) in [6, 6.07) is 5.17. The predicted molar refractivity (Wildman–Crippen MR) is 93.9 cm³/mol. The number of ketones is 1. The smallest absolute Gasteiger partial charge is 0.271 e. The molecule has 0 saturated heterocycles. The van der Waals surface area contributed by atoms with Crippen LogP contribution in [0.25, 0.3) is 0 Å². The minimum Gasteiger partial charge on any atom is -0.476 e. The maximum atomic E-state index is 12.8. The Morgan fingerprint density at radius 1 is 1.28 bits per heavy atom. The number of hydrogen-bond donors (Lipinski definition) is 1. The second-order valence-corrected chi connectivity index (χ2v) is 7.29. The Morgan fingerprint density at radius 3 is 2.60 bits per heavy atom. The van der Waals surface area contributed by atoms with Crippen LogP contribution in [0.15, 0.2) is 18.2 Å². The molecule has 3 rings (SSSR count). The Morgan fingerprint density at radius 2 is 1.96 bits per heavy atom. The Bertz CT molecular complexity index is 720. The average Bonchev–Trinajstić information content (AvgIpc) is 3.04. The van der Waals surface area contributed by atoms with E-state index in [9.17, 15) is 14.4 Å². The highest BCUT2D eigenvalue weighted by molar-refractivity contribution is 6.07. The molecule has 1 aromatic rings. The number of nitrogens with zero attached hydrogens (tertiary/aromatic N) is 1. The molecule has 1 fully saturated rings. The number of amides is 2. The molecule has 0 radical (unpaired) electrons. The van der Waals surface area contributed by atoms with Crippen molar-refractivity contribution in [2.24, 2.45) is 0 Å². The van der Waals surface area contributed by atoms with E-state index in [0.717, 1.165) is 25.7 Å². The summed E-state index contributed by atoms with van der Waals surface area (Å²) in [6.07, 6.45) is 4.22. The molecule has 1 N–H and O–H groups in total. The SMILES string of the molecule is CC(=O)c1ccc2c(c1)N(CC(=O)NC1CCCC1)C(=O)C(C)(C)O2. The van der Waals surface area contributed by atoms with Crippen LogP contribution in [0.2, 0.25) is 0 Å². The highest BCUT2D eigenvalue weighted by atomic mass is 16.5. The Hall–Kier alpha value is -2.37. The Balaban J connectivity index is 1.88. The van der Waals surface area contributed by atoms with Crippen molar-refractivity contribution < 1.29 is 19.1 Å². The van der Waals surface area contributed by atoms with Crippen molar-refractivity contribution in [2.75, 3.05) is 11.4 Å². The lowest BCUT2D eigenvalue weighted by Gasteiger charge is -2.38. The quantitative estimate of drug-likeness (QED) is 0.851. The van der Waals surface area contributed by atoms with Gasteiger partial charge in [0, 0.05) is 11.6 Å². The van der Waals surface area contributed by atoms with E-state index < -0.39 is 5.60 Å². The summed E-state index contributed by atoms with van der Waals surface area (Å²) in [7, 11) is 0. The number of nitrogens with one attached hydrogen (secondary N) is 1. The Kier molecular flexibility index (Phi) is 4.54. The highest BCUT2D eigenvalue weighted by Gasteiger charge is 2.41. The van der Waals surface area contributed by atoms with Gasteiger partial charge in [0.05, 0.1) is 5.69 Å². The van der Waals surface area contributed by atoms with Crippen LogP contribution in [0.5, 0.6) is 5.75 Å². The van der Waals surface area contributed by atoms with E-state index in [-0.39, 0.29) is 30.2 Å². The third kappa shape index (κ3) is 3.52. The first-order valence-corrected chi connectivity index (χ1v) is 8.73. The first-order chi connectivity index (χ1) is 11.8. The second kappa shape index (κ2) is 6.50. The first kappa shape index (κ1) is 17.5. The highest BCUT2D eigenvalue weighted by Crippen LogP contribution is 2.38. The molecule has 0 spiro atoms. The van der Waals surface area contributed by atoms with E-state index in [2.05, 4.69) is 5.32 Å².